The number of rotatable bonds is 8. The van der Waals surface area contributed by atoms with Crippen LogP contribution >= 0.6 is 0 Å². The minimum absolute atomic E-state index is 0.0223. The van der Waals surface area contributed by atoms with Crippen LogP contribution in [0.5, 0.6) is 0 Å². The Hall–Kier alpha value is -1.42. The third-order valence-corrected chi connectivity index (χ3v) is 3.75. The van der Waals surface area contributed by atoms with E-state index >= 15 is 0 Å². The number of carbonyl (C=O) groups excluding carboxylic acids is 1. The fraction of sp³-hybridized carbons (Fsp3) is 0.625. The summed E-state index contributed by atoms with van der Waals surface area (Å²) >= 11 is 0. The van der Waals surface area contributed by atoms with Gasteiger partial charge in [0.1, 0.15) is 6.61 Å². The first-order chi connectivity index (χ1) is 9.81. The van der Waals surface area contributed by atoms with E-state index in [1.54, 1.807) is 0 Å². The van der Waals surface area contributed by atoms with Crippen molar-refractivity contribution in [3.63, 3.8) is 0 Å². The third kappa shape index (κ3) is 4.30. The summed E-state index contributed by atoms with van der Waals surface area (Å²) < 4.78 is 5.35. The first-order valence-electron chi connectivity index (χ1n) is 7.59. The van der Waals surface area contributed by atoms with E-state index in [9.17, 15) is 4.79 Å². The largest absolute Gasteiger partial charge is 0.372 e. The van der Waals surface area contributed by atoms with E-state index in [0.717, 1.165) is 31.4 Å². The highest BCUT2D eigenvalue weighted by Crippen LogP contribution is 2.30. The number of nitrogens with one attached hydrogen (secondary N) is 1. The normalized spacial score (nSPS) is 16.9. The predicted molar refractivity (Wildman–Crippen MR) is 78.7 cm³/mol. The molecule has 1 atom stereocenters. The maximum absolute atomic E-state index is 11.7. The molecule has 4 heteroatoms. The zero-order valence-corrected chi connectivity index (χ0v) is 12.2. The number of aromatic nitrogens is 1. The van der Waals surface area contributed by atoms with Crippen LogP contribution in [0.2, 0.25) is 0 Å². The van der Waals surface area contributed by atoms with E-state index in [-0.39, 0.29) is 12.5 Å². The van der Waals surface area contributed by atoms with Crippen molar-refractivity contribution in [2.45, 2.75) is 44.9 Å². The lowest BCUT2D eigenvalue weighted by Crippen LogP contribution is -2.31. The van der Waals surface area contributed by atoms with Gasteiger partial charge in [-0.25, -0.2) is 0 Å². The summed E-state index contributed by atoms with van der Waals surface area (Å²) in [6.45, 7) is 3.67. The summed E-state index contributed by atoms with van der Waals surface area (Å²) in [7, 11) is 0. The van der Waals surface area contributed by atoms with Gasteiger partial charge in [0.15, 0.2) is 0 Å². The van der Waals surface area contributed by atoms with Crippen molar-refractivity contribution in [3.8, 4) is 0 Å². The Balaban J connectivity index is 1.65. The Morgan fingerprint density at radius 3 is 3.25 bits per heavy atom. The number of hydrogen-bond acceptors (Lipinski definition) is 3. The topological polar surface area (TPSA) is 51.2 Å². The molecule has 0 bridgehead atoms. The van der Waals surface area contributed by atoms with Crippen molar-refractivity contribution in [2.24, 2.45) is 0 Å². The van der Waals surface area contributed by atoms with Gasteiger partial charge in [-0.15, -0.1) is 0 Å². The number of ether oxygens (including phenoxy) is 1. The molecule has 0 aromatic carbocycles. The molecular formula is C16H24N2O2. The molecule has 1 aliphatic rings. The number of carbonyl (C=O) groups is 1. The molecule has 2 rings (SSSR count). The molecule has 20 heavy (non-hydrogen) atoms. The fourth-order valence-corrected chi connectivity index (χ4v) is 2.60. The number of unbranched alkanes of at least 4 members (excludes halogenated alkanes) is 2. The number of aryl methyl sites for hydroxylation is 1. The molecule has 1 aliphatic carbocycles. The summed E-state index contributed by atoms with van der Waals surface area (Å²) in [5.41, 5.74) is 2.47. The number of fused-ring (bicyclic) bond motifs is 1. The standard InChI is InChI=1S/C16H24N2O2/c1-2-3-4-10-20-12-15(19)18-11-14-8-7-13-6-5-9-17-16(13)14/h5-6,9,14H,2-4,7-8,10-12H2,1H3,(H,18,19)/t14-/m1/s1. The quantitative estimate of drug-likeness (QED) is 0.742. The molecule has 0 unspecified atom stereocenters. The summed E-state index contributed by atoms with van der Waals surface area (Å²) in [4.78, 5) is 16.1. The number of pyridine rings is 1. The second-order valence-corrected chi connectivity index (χ2v) is 5.35. The van der Waals surface area contributed by atoms with Crippen molar-refractivity contribution in [2.75, 3.05) is 19.8 Å². The number of nitrogens with zero attached hydrogens (tertiary/aromatic N) is 1. The maximum Gasteiger partial charge on any atom is 0.246 e. The molecule has 0 saturated carbocycles. The average molecular weight is 276 g/mol. The first-order valence-corrected chi connectivity index (χ1v) is 7.59. The monoisotopic (exact) mass is 276 g/mol. The molecule has 0 saturated heterocycles. The molecule has 4 nitrogen and oxygen atoms in total. The van der Waals surface area contributed by atoms with Crippen molar-refractivity contribution in [3.05, 3.63) is 29.6 Å². The van der Waals surface area contributed by atoms with Crippen molar-refractivity contribution in [1.29, 1.82) is 0 Å². The molecule has 1 amide bonds. The zero-order chi connectivity index (χ0) is 14.2. The van der Waals surface area contributed by atoms with Crippen molar-refractivity contribution in [1.82, 2.24) is 10.3 Å². The van der Waals surface area contributed by atoms with Crippen LogP contribution in [-0.2, 0) is 16.0 Å². The van der Waals surface area contributed by atoms with Gasteiger partial charge in [0, 0.05) is 31.0 Å². The van der Waals surface area contributed by atoms with Gasteiger partial charge in [0.25, 0.3) is 0 Å². The minimum atomic E-state index is -0.0223. The van der Waals surface area contributed by atoms with Crippen LogP contribution < -0.4 is 5.32 Å². The molecule has 1 aromatic rings. The third-order valence-electron chi connectivity index (χ3n) is 3.75. The lowest BCUT2D eigenvalue weighted by atomic mass is 10.1. The number of amides is 1. The Labute approximate surface area is 120 Å². The van der Waals surface area contributed by atoms with Gasteiger partial charge in [-0.2, -0.15) is 0 Å². The van der Waals surface area contributed by atoms with E-state index in [2.05, 4.69) is 23.3 Å². The van der Waals surface area contributed by atoms with Gasteiger partial charge in [-0.1, -0.05) is 25.8 Å². The van der Waals surface area contributed by atoms with Crippen LogP contribution in [-0.4, -0.2) is 30.6 Å². The van der Waals surface area contributed by atoms with Crippen LogP contribution in [0.15, 0.2) is 18.3 Å². The summed E-state index contributed by atoms with van der Waals surface area (Å²) in [6.07, 6.45) is 7.33. The molecule has 110 valence electrons. The van der Waals surface area contributed by atoms with E-state index in [0.29, 0.717) is 19.1 Å². The lowest BCUT2D eigenvalue weighted by Gasteiger charge is -2.12. The van der Waals surface area contributed by atoms with E-state index in [1.165, 1.54) is 12.0 Å². The van der Waals surface area contributed by atoms with Crippen LogP contribution in [0.25, 0.3) is 0 Å². The van der Waals surface area contributed by atoms with Gasteiger partial charge in [-0.05, 0) is 30.9 Å². The highest BCUT2D eigenvalue weighted by Gasteiger charge is 2.23. The van der Waals surface area contributed by atoms with E-state index in [4.69, 9.17) is 4.74 Å². The molecule has 1 heterocycles. The lowest BCUT2D eigenvalue weighted by molar-refractivity contribution is -0.125. The van der Waals surface area contributed by atoms with E-state index < -0.39 is 0 Å². The molecule has 0 fully saturated rings. The highest BCUT2D eigenvalue weighted by atomic mass is 16.5. The van der Waals surface area contributed by atoms with Gasteiger partial charge in [0.05, 0.1) is 0 Å². The molecular weight excluding hydrogens is 252 g/mol. The summed E-state index contributed by atoms with van der Waals surface area (Å²) in [5, 5.41) is 2.95. The molecule has 0 aliphatic heterocycles. The van der Waals surface area contributed by atoms with Crippen LogP contribution in [0, 0.1) is 0 Å². The predicted octanol–water partition coefficient (Wildman–Crippen LogP) is 2.43. The second-order valence-electron chi connectivity index (χ2n) is 5.35. The van der Waals surface area contributed by atoms with Gasteiger partial charge in [-0.3, -0.25) is 9.78 Å². The Kier molecular flexibility index (Phi) is 5.99. The van der Waals surface area contributed by atoms with Crippen LogP contribution in [0.1, 0.15) is 49.8 Å². The zero-order valence-electron chi connectivity index (χ0n) is 12.2. The van der Waals surface area contributed by atoms with Gasteiger partial charge >= 0.3 is 0 Å². The van der Waals surface area contributed by atoms with Gasteiger partial charge < -0.3 is 10.1 Å². The molecule has 1 N–H and O–H groups in total. The maximum atomic E-state index is 11.7. The smallest absolute Gasteiger partial charge is 0.246 e. The van der Waals surface area contributed by atoms with Crippen LogP contribution in [0.3, 0.4) is 0 Å². The van der Waals surface area contributed by atoms with Crippen molar-refractivity contribution < 1.29 is 9.53 Å². The fourth-order valence-electron chi connectivity index (χ4n) is 2.60. The SMILES string of the molecule is CCCCCOCC(=O)NC[C@H]1CCc2cccnc21. The Morgan fingerprint density at radius 1 is 1.50 bits per heavy atom. The molecule has 0 spiro atoms. The summed E-state index contributed by atoms with van der Waals surface area (Å²) in [6, 6.07) is 4.10. The highest BCUT2D eigenvalue weighted by molar-refractivity contribution is 5.77. The first kappa shape index (κ1) is 15.0. The molecule has 1 aromatic heterocycles. The van der Waals surface area contributed by atoms with Crippen molar-refractivity contribution >= 4 is 5.91 Å². The Bertz CT molecular complexity index is 434. The van der Waals surface area contributed by atoms with Gasteiger partial charge in [0.2, 0.25) is 5.91 Å². The number of hydrogen-bond donors (Lipinski definition) is 1. The Morgan fingerprint density at radius 2 is 2.40 bits per heavy atom. The minimum Gasteiger partial charge on any atom is -0.372 e. The van der Waals surface area contributed by atoms with E-state index in [1.807, 2.05) is 12.3 Å². The van der Waals surface area contributed by atoms with Crippen LogP contribution in [0.4, 0.5) is 0 Å². The molecule has 0 radical (unpaired) electrons. The average Bonchev–Trinajstić information content (AvgIpc) is 2.88. The second kappa shape index (κ2) is 8.00. The summed E-state index contributed by atoms with van der Waals surface area (Å²) in [5.74, 6) is 0.334.